The second-order valence-corrected chi connectivity index (χ2v) is 5.28. The van der Waals surface area contributed by atoms with Gasteiger partial charge in [0.1, 0.15) is 5.82 Å². The van der Waals surface area contributed by atoms with Gasteiger partial charge in [-0.05, 0) is 19.9 Å². The molecule has 130 valence electrons. The Morgan fingerprint density at radius 3 is 3.00 bits per heavy atom. The number of anilines is 1. The van der Waals surface area contributed by atoms with Crippen LogP contribution in [-0.2, 0) is 6.54 Å². The van der Waals surface area contributed by atoms with E-state index in [1.165, 1.54) is 0 Å². The Labute approximate surface area is 145 Å². The molecule has 0 aliphatic rings. The zero-order valence-corrected chi connectivity index (χ0v) is 14.4. The molecule has 0 spiro atoms. The Morgan fingerprint density at radius 1 is 1.32 bits per heavy atom. The molecule has 3 heterocycles. The van der Waals surface area contributed by atoms with E-state index in [0.29, 0.717) is 30.7 Å². The molecular weight excluding hydrogens is 320 g/mol. The molecule has 0 aliphatic carbocycles. The zero-order valence-electron chi connectivity index (χ0n) is 14.4. The van der Waals surface area contributed by atoms with Gasteiger partial charge < -0.3 is 14.8 Å². The number of fused-ring (bicyclic) bond motifs is 1. The molecular formula is C17H20N6O2. The SMILES string of the molecule is CCOc1ncccc1CN=C(C)Nc1cc2[nH]nc(OC)c2cn1. The van der Waals surface area contributed by atoms with Gasteiger partial charge in [0.25, 0.3) is 0 Å². The first-order valence-corrected chi connectivity index (χ1v) is 7.94. The fourth-order valence-electron chi connectivity index (χ4n) is 2.35. The minimum atomic E-state index is 0.474. The average Bonchev–Trinajstić information content (AvgIpc) is 3.03. The molecule has 8 nitrogen and oxygen atoms in total. The number of hydrogen-bond donors (Lipinski definition) is 2. The molecule has 25 heavy (non-hydrogen) atoms. The van der Waals surface area contributed by atoms with Crippen LogP contribution < -0.4 is 14.8 Å². The van der Waals surface area contributed by atoms with Crippen molar-refractivity contribution >= 4 is 22.6 Å². The van der Waals surface area contributed by atoms with Crippen molar-refractivity contribution in [3.05, 3.63) is 36.2 Å². The van der Waals surface area contributed by atoms with E-state index in [2.05, 4.69) is 30.5 Å². The summed E-state index contributed by atoms with van der Waals surface area (Å²) in [5, 5.41) is 11.0. The maximum absolute atomic E-state index is 5.51. The van der Waals surface area contributed by atoms with Crippen LogP contribution in [0, 0.1) is 0 Å². The van der Waals surface area contributed by atoms with Crippen molar-refractivity contribution < 1.29 is 9.47 Å². The Bertz CT molecular complexity index is 890. The third kappa shape index (κ3) is 3.85. The summed E-state index contributed by atoms with van der Waals surface area (Å²) >= 11 is 0. The van der Waals surface area contributed by atoms with Crippen LogP contribution >= 0.6 is 0 Å². The van der Waals surface area contributed by atoms with Crippen molar-refractivity contribution in [2.45, 2.75) is 20.4 Å². The topological polar surface area (TPSA) is 97.3 Å². The molecule has 3 aromatic rings. The molecule has 0 atom stereocenters. The molecule has 0 aliphatic heterocycles. The summed E-state index contributed by atoms with van der Waals surface area (Å²) in [7, 11) is 1.58. The lowest BCUT2D eigenvalue weighted by molar-refractivity contribution is 0.323. The van der Waals surface area contributed by atoms with E-state index in [1.807, 2.05) is 32.0 Å². The first-order valence-electron chi connectivity index (χ1n) is 7.94. The highest BCUT2D eigenvalue weighted by Crippen LogP contribution is 2.23. The van der Waals surface area contributed by atoms with Crippen molar-refractivity contribution in [1.29, 1.82) is 0 Å². The third-order valence-electron chi connectivity index (χ3n) is 3.53. The smallest absolute Gasteiger partial charge is 0.241 e. The van der Waals surface area contributed by atoms with Crippen LogP contribution in [0.15, 0.2) is 35.6 Å². The summed E-state index contributed by atoms with van der Waals surface area (Å²) in [6, 6.07) is 5.69. The van der Waals surface area contributed by atoms with E-state index in [4.69, 9.17) is 9.47 Å². The first-order chi connectivity index (χ1) is 12.2. The van der Waals surface area contributed by atoms with Gasteiger partial charge in [0.2, 0.25) is 11.8 Å². The van der Waals surface area contributed by atoms with E-state index in [9.17, 15) is 0 Å². The number of pyridine rings is 2. The molecule has 8 heteroatoms. The van der Waals surface area contributed by atoms with E-state index in [0.717, 1.165) is 22.3 Å². The second kappa shape index (κ2) is 7.61. The Balaban J connectivity index is 1.71. The van der Waals surface area contributed by atoms with Crippen LogP contribution in [0.1, 0.15) is 19.4 Å². The van der Waals surface area contributed by atoms with Gasteiger partial charge in [-0.2, -0.15) is 0 Å². The molecule has 0 aromatic carbocycles. The summed E-state index contributed by atoms with van der Waals surface area (Å²) in [6.45, 7) is 4.86. The normalized spacial score (nSPS) is 11.6. The maximum Gasteiger partial charge on any atom is 0.241 e. The molecule has 0 fully saturated rings. The number of hydrogen-bond acceptors (Lipinski definition) is 6. The fourth-order valence-corrected chi connectivity index (χ4v) is 2.35. The summed E-state index contributed by atoms with van der Waals surface area (Å²) in [6.07, 6.45) is 3.42. The van der Waals surface area contributed by atoms with Crippen molar-refractivity contribution in [3.8, 4) is 11.8 Å². The fraction of sp³-hybridized carbons (Fsp3) is 0.294. The zero-order chi connectivity index (χ0) is 17.6. The average molecular weight is 340 g/mol. The van der Waals surface area contributed by atoms with E-state index >= 15 is 0 Å². The predicted octanol–water partition coefficient (Wildman–Crippen LogP) is 2.79. The number of ether oxygens (including phenoxy) is 2. The number of amidine groups is 1. The first kappa shape index (κ1) is 16.7. The molecule has 0 unspecified atom stereocenters. The lowest BCUT2D eigenvalue weighted by Gasteiger charge is -2.08. The Morgan fingerprint density at radius 2 is 2.20 bits per heavy atom. The highest BCUT2D eigenvalue weighted by Gasteiger charge is 2.08. The molecule has 3 rings (SSSR count). The summed E-state index contributed by atoms with van der Waals surface area (Å²) < 4.78 is 10.7. The number of nitrogens with zero attached hydrogens (tertiary/aromatic N) is 4. The molecule has 3 aromatic heterocycles. The largest absolute Gasteiger partial charge is 0.479 e. The number of aromatic nitrogens is 4. The highest BCUT2D eigenvalue weighted by atomic mass is 16.5. The third-order valence-corrected chi connectivity index (χ3v) is 3.53. The summed E-state index contributed by atoms with van der Waals surface area (Å²) in [5.41, 5.74) is 1.78. The van der Waals surface area contributed by atoms with E-state index in [1.54, 1.807) is 19.5 Å². The number of aromatic amines is 1. The van der Waals surface area contributed by atoms with Gasteiger partial charge in [-0.1, -0.05) is 6.07 Å². The van der Waals surface area contributed by atoms with Gasteiger partial charge in [-0.3, -0.25) is 10.1 Å². The number of methoxy groups -OCH3 is 1. The van der Waals surface area contributed by atoms with Crippen LogP contribution in [-0.4, -0.2) is 39.7 Å². The van der Waals surface area contributed by atoms with Gasteiger partial charge in [0, 0.05) is 24.0 Å². The van der Waals surface area contributed by atoms with Crippen LogP contribution in [0.25, 0.3) is 10.9 Å². The number of rotatable bonds is 6. The van der Waals surface area contributed by atoms with Gasteiger partial charge >= 0.3 is 0 Å². The minimum absolute atomic E-state index is 0.474. The molecule has 0 saturated heterocycles. The highest BCUT2D eigenvalue weighted by molar-refractivity contribution is 5.94. The minimum Gasteiger partial charge on any atom is -0.479 e. The maximum atomic E-state index is 5.51. The predicted molar refractivity (Wildman–Crippen MR) is 96.3 cm³/mol. The lowest BCUT2D eigenvalue weighted by atomic mass is 10.3. The van der Waals surface area contributed by atoms with Gasteiger partial charge in [0.15, 0.2) is 0 Å². The summed E-state index contributed by atoms with van der Waals surface area (Å²) in [5.74, 6) is 2.56. The lowest BCUT2D eigenvalue weighted by Crippen LogP contribution is -2.09. The monoisotopic (exact) mass is 340 g/mol. The summed E-state index contributed by atoms with van der Waals surface area (Å²) in [4.78, 5) is 13.1. The van der Waals surface area contributed by atoms with Crippen molar-refractivity contribution in [1.82, 2.24) is 20.2 Å². The van der Waals surface area contributed by atoms with Crippen molar-refractivity contribution in [2.24, 2.45) is 4.99 Å². The van der Waals surface area contributed by atoms with Gasteiger partial charge in [-0.25, -0.2) is 9.97 Å². The Hall–Kier alpha value is -3.16. The Kier molecular flexibility index (Phi) is 5.08. The molecule has 0 radical (unpaired) electrons. The number of H-pyrrole nitrogens is 1. The van der Waals surface area contributed by atoms with Gasteiger partial charge in [-0.15, -0.1) is 5.10 Å². The molecule has 0 bridgehead atoms. The number of nitrogens with one attached hydrogen (secondary N) is 2. The van der Waals surface area contributed by atoms with Crippen LogP contribution in [0.5, 0.6) is 11.8 Å². The standard InChI is InChI=1S/C17H20N6O2/c1-4-25-16-12(6-5-7-18-16)9-19-11(2)21-15-8-14-13(10-20-15)17(24-3)23-22-14/h5-8,10H,4,9H2,1-3H3,(H,22,23)(H,19,20,21). The van der Waals surface area contributed by atoms with E-state index < -0.39 is 0 Å². The van der Waals surface area contributed by atoms with Crippen LogP contribution in [0.2, 0.25) is 0 Å². The van der Waals surface area contributed by atoms with Crippen molar-refractivity contribution in [2.75, 3.05) is 19.0 Å². The van der Waals surface area contributed by atoms with Gasteiger partial charge in [0.05, 0.1) is 37.0 Å². The second-order valence-electron chi connectivity index (χ2n) is 5.28. The van der Waals surface area contributed by atoms with E-state index in [-0.39, 0.29) is 0 Å². The molecule has 0 saturated carbocycles. The molecule has 2 N–H and O–H groups in total. The molecule has 0 amide bonds. The van der Waals surface area contributed by atoms with Crippen LogP contribution in [0.3, 0.4) is 0 Å². The van der Waals surface area contributed by atoms with Crippen LogP contribution in [0.4, 0.5) is 5.82 Å². The quantitative estimate of drug-likeness (QED) is 0.529. The van der Waals surface area contributed by atoms with Crippen molar-refractivity contribution in [3.63, 3.8) is 0 Å². The number of aliphatic imine (C=N–C) groups is 1.